The minimum absolute atomic E-state index is 0.496. The van der Waals surface area contributed by atoms with Gasteiger partial charge in [0.05, 0.1) is 25.7 Å². The second-order valence-electron chi connectivity index (χ2n) is 4.00. The molecule has 1 atom stereocenters. The van der Waals surface area contributed by atoms with Gasteiger partial charge in [-0.2, -0.15) is 0 Å². The van der Waals surface area contributed by atoms with Gasteiger partial charge >= 0.3 is 0 Å². The van der Waals surface area contributed by atoms with Crippen LogP contribution < -0.4 is 14.2 Å². The molecule has 0 bridgehead atoms. The van der Waals surface area contributed by atoms with Crippen molar-refractivity contribution >= 4 is 22.9 Å². The Morgan fingerprint density at radius 1 is 1.05 bits per heavy atom. The third-order valence-electron chi connectivity index (χ3n) is 2.87. The molecule has 0 saturated carbocycles. The van der Waals surface area contributed by atoms with Crippen LogP contribution in [0.3, 0.4) is 0 Å². The van der Waals surface area contributed by atoms with Gasteiger partial charge in [-0.15, -0.1) is 11.3 Å². The molecule has 1 aromatic carbocycles. The molecule has 0 spiro atoms. The van der Waals surface area contributed by atoms with Crippen molar-refractivity contribution < 1.29 is 19.3 Å². The van der Waals surface area contributed by atoms with Crippen molar-refractivity contribution in [3.05, 3.63) is 39.0 Å². The maximum absolute atomic E-state index is 10.4. The number of hydrogen-bond donors (Lipinski definition) is 1. The summed E-state index contributed by atoms with van der Waals surface area (Å²) >= 11 is 7.22. The lowest BCUT2D eigenvalue weighted by Gasteiger charge is -2.16. The van der Waals surface area contributed by atoms with E-state index < -0.39 is 6.10 Å². The zero-order chi connectivity index (χ0) is 14.7. The molecular weight excluding hydrogens is 300 g/mol. The molecule has 0 radical (unpaired) electrons. The first kappa shape index (κ1) is 15.0. The molecule has 4 nitrogen and oxygen atoms in total. The van der Waals surface area contributed by atoms with Gasteiger partial charge in [-0.1, -0.05) is 11.6 Å². The Hall–Kier alpha value is -1.43. The number of ether oxygens (including phenoxy) is 3. The van der Waals surface area contributed by atoms with Crippen LogP contribution in [0.2, 0.25) is 4.34 Å². The maximum Gasteiger partial charge on any atom is 0.203 e. The number of rotatable bonds is 5. The van der Waals surface area contributed by atoms with Crippen LogP contribution in [0.5, 0.6) is 17.2 Å². The molecule has 1 heterocycles. The predicted molar refractivity (Wildman–Crippen MR) is 79.5 cm³/mol. The van der Waals surface area contributed by atoms with E-state index >= 15 is 0 Å². The lowest BCUT2D eigenvalue weighted by atomic mass is 10.1. The number of aliphatic hydroxyl groups excluding tert-OH is 1. The summed E-state index contributed by atoms with van der Waals surface area (Å²) in [5.74, 6) is 1.50. The smallest absolute Gasteiger partial charge is 0.203 e. The topological polar surface area (TPSA) is 47.9 Å². The fourth-order valence-electron chi connectivity index (χ4n) is 1.90. The number of methoxy groups -OCH3 is 3. The highest BCUT2D eigenvalue weighted by Gasteiger charge is 2.19. The summed E-state index contributed by atoms with van der Waals surface area (Å²) in [6, 6.07) is 6.99. The van der Waals surface area contributed by atoms with Crippen LogP contribution >= 0.6 is 22.9 Å². The van der Waals surface area contributed by atoms with E-state index in [2.05, 4.69) is 0 Å². The van der Waals surface area contributed by atoms with Gasteiger partial charge in [-0.3, -0.25) is 0 Å². The van der Waals surface area contributed by atoms with Crippen LogP contribution in [-0.4, -0.2) is 26.4 Å². The van der Waals surface area contributed by atoms with Crippen molar-refractivity contribution in [2.75, 3.05) is 21.3 Å². The molecule has 0 aliphatic carbocycles. The second-order valence-corrected chi connectivity index (χ2v) is 5.75. The Balaban J connectivity index is 2.46. The third-order valence-corrected chi connectivity index (χ3v) is 4.15. The number of aliphatic hydroxyl groups is 1. The quantitative estimate of drug-likeness (QED) is 0.917. The van der Waals surface area contributed by atoms with Gasteiger partial charge in [-0.25, -0.2) is 0 Å². The average molecular weight is 315 g/mol. The molecule has 0 aliphatic heterocycles. The lowest BCUT2D eigenvalue weighted by molar-refractivity contribution is 0.222. The zero-order valence-corrected chi connectivity index (χ0v) is 12.9. The van der Waals surface area contributed by atoms with Crippen molar-refractivity contribution in [1.82, 2.24) is 0 Å². The highest BCUT2D eigenvalue weighted by molar-refractivity contribution is 7.16. The number of thiophene rings is 1. The van der Waals surface area contributed by atoms with Crippen molar-refractivity contribution in [1.29, 1.82) is 0 Å². The SMILES string of the molecule is COc1cc(C(O)c2ccc(Cl)s2)cc(OC)c1OC. The Labute approximate surface area is 126 Å². The molecule has 0 fully saturated rings. The molecule has 2 rings (SSSR count). The third kappa shape index (κ3) is 2.85. The summed E-state index contributed by atoms with van der Waals surface area (Å²) in [4.78, 5) is 0.754. The van der Waals surface area contributed by atoms with Gasteiger partial charge in [-0.05, 0) is 29.8 Å². The summed E-state index contributed by atoms with van der Waals surface area (Å²) in [7, 11) is 4.61. The molecule has 1 N–H and O–H groups in total. The maximum atomic E-state index is 10.4. The van der Waals surface area contributed by atoms with E-state index in [0.29, 0.717) is 27.1 Å². The Kier molecular flexibility index (Phi) is 4.75. The van der Waals surface area contributed by atoms with Crippen LogP contribution in [0, 0.1) is 0 Å². The molecule has 1 aromatic heterocycles. The van der Waals surface area contributed by atoms with E-state index in [1.54, 1.807) is 24.3 Å². The minimum Gasteiger partial charge on any atom is -0.493 e. The Bertz CT molecular complexity index is 572. The van der Waals surface area contributed by atoms with E-state index in [0.717, 1.165) is 4.88 Å². The first-order chi connectivity index (χ1) is 9.60. The van der Waals surface area contributed by atoms with Crippen LogP contribution in [-0.2, 0) is 0 Å². The molecule has 1 unspecified atom stereocenters. The number of halogens is 1. The van der Waals surface area contributed by atoms with E-state index in [4.69, 9.17) is 25.8 Å². The second kappa shape index (κ2) is 6.35. The molecule has 108 valence electrons. The molecule has 6 heteroatoms. The van der Waals surface area contributed by atoms with Gasteiger partial charge in [0.2, 0.25) is 5.75 Å². The van der Waals surface area contributed by atoms with Gasteiger partial charge in [0.25, 0.3) is 0 Å². The van der Waals surface area contributed by atoms with E-state index in [1.165, 1.54) is 32.7 Å². The summed E-state index contributed by atoms with van der Waals surface area (Å²) < 4.78 is 16.4. The average Bonchev–Trinajstić information content (AvgIpc) is 2.91. The van der Waals surface area contributed by atoms with E-state index in [-0.39, 0.29) is 0 Å². The van der Waals surface area contributed by atoms with Gasteiger partial charge in [0.15, 0.2) is 11.5 Å². The molecule has 0 amide bonds. The summed E-state index contributed by atoms with van der Waals surface area (Å²) in [5.41, 5.74) is 0.651. The van der Waals surface area contributed by atoms with Gasteiger partial charge in [0, 0.05) is 4.88 Å². The summed E-state index contributed by atoms with van der Waals surface area (Å²) in [6.07, 6.45) is -0.791. The molecule has 20 heavy (non-hydrogen) atoms. The fraction of sp³-hybridized carbons (Fsp3) is 0.286. The molecule has 2 aromatic rings. The molecule has 0 aliphatic rings. The largest absolute Gasteiger partial charge is 0.493 e. The molecule has 0 saturated heterocycles. The highest BCUT2D eigenvalue weighted by atomic mass is 35.5. The first-order valence-electron chi connectivity index (χ1n) is 5.84. The van der Waals surface area contributed by atoms with Crippen molar-refractivity contribution in [3.63, 3.8) is 0 Å². The van der Waals surface area contributed by atoms with E-state index in [9.17, 15) is 5.11 Å². The zero-order valence-electron chi connectivity index (χ0n) is 11.3. The minimum atomic E-state index is -0.791. The van der Waals surface area contributed by atoms with Crippen molar-refractivity contribution in [3.8, 4) is 17.2 Å². The summed E-state index contributed by atoms with van der Waals surface area (Å²) in [6.45, 7) is 0. The Morgan fingerprint density at radius 3 is 2.05 bits per heavy atom. The first-order valence-corrected chi connectivity index (χ1v) is 7.03. The van der Waals surface area contributed by atoms with Crippen LogP contribution in [0.1, 0.15) is 16.5 Å². The van der Waals surface area contributed by atoms with Crippen molar-refractivity contribution in [2.45, 2.75) is 6.10 Å². The monoisotopic (exact) mass is 314 g/mol. The van der Waals surface area contributed by atoms with Crippen molar-refractivity contribution in [2.24, 2.45) is 0 Å². The molecular formula is C14H15ClO4S. The predicted octanol–water partition coefficient (Wildman–Crippen LogP) is 3.51. The number of benzene rings is 1. The lowest BCUT2D eigenvalue weighted by Crippen LogP contribution is -2.01. The summed E-state index contributed by atoms with van der Waals surface area (Å²) in [5, 5.41) is 10.4. The number of hydrogen-bond acceptors (Lipinski definition) is 5. The van der Waals surface area contributed by atoms with Gasteiger partial charge in [0.1, 0.15) is 6.10 Å². The van der Waals surface area contributed by atoms with Crippen LogP contribution in [0.4, 0.5) is 0 Å². The van der Waals surface area contributed by atoms with Crippen LogP contribution in [0.15, 0.2) is 24.3 Å². The highest BCUT2D eigenvalue weighted by Crippen LogP contribution is 2.41. The van der Waals surface area contributed by atoms with Gasteiger partial charge < -0.3 is 19.3 Å². The fourth-order valence-corrected chi connectivity index (χ4v) is 2.97. The van der Waals surface area contributed by atoms with E-state index in [1.807, 2.05) is 0 Å². The standard InChI is InChI=1S/C14H15ClO4S/c1-17-9-6-8(7-10(18-2)14(9)19-3)13(16)11-4-5-12(15)20-11/h4-7,13,16H,1-3H3. The Morgan fingerprint density at radius 2 is 1.65 bits per heavy atom. The normalized spacial score (nSPS) is 12.1. The van der Waals surface area contributed by atoms with Crippen LogP contribution in [0.25, 0.3) is 0 Å².